The van der Waals surface area contributed by atoms with Gasteiger partial charge in [-0.05, 0) is 5.41 Å². The zero-order valence-electron chi connectivity index (χ0n) is 11.0. The second-order valence-corrected chi connectivity index (χ2v) is 4.25. The molecule has 0 N–H and O–H groups in total. The van der Waals surface area contributed by atoms with Gasteiger partial charge in [0.05, 0.1) is 0 Å². The Balaban J connectivity index is -0.000000845. The standard InChI is InChI=1S/C10H18O4.2Na/c1-5-10(3,4)7(9(13)14)6(2)8(11)12;;/h6-7H,5H2,1-4H3,(H,11,12)(H,13,14);;/q;2*+1/p-2. The van der Waals surface area contributed by atoms with Gasteiger partial charge in [-0.3, -0.25) is 0 Å². The SMILES string of the molecule is CCC(C)(C)C(C(=O)[O-])C(C)C(=O)[O-].[Na+].[Na+]. The van der Waals surface area contributed by atoms with E-state index < -0.39 is 29.2 Å². The van der Waals surface area contributed by atoms with Crippen molar-refractivity contribution in [1.29, 1.82) is 0 Å². The Labute approximate surface area is 141 Å². The van der Waals surface area contributed by atoms with Gasteiger partial charge in [-0.2, -0.15) is 0 Å². The average Bonchev–Trinajstić information content (AvgIpc) is 2.03. The first-order valence-electron chi connectivity index (χ1n) is 4.65. The molecule has 0 aromatic heterocycles. The molecule has 0 aliphatic carbocycles. The van der Waals surface area contributed by atoms with Crippen molar-refractivity contribution in [3.05, 3.63) is 0 Å². The Hall–Kier alpha value is 0.940. The zero-order valence-corrected chi connectivity index (χ0v) is 15.0. The first-order chi connectivity index (χ1) is 6.24. The van der Waals surface area contributed by atoms with Crippen LogP contribution in [-0.2, 0) is 9.59 Å². The third-order valence-corrected chi connectivity index (χ3v) is 2.88. The molecule has 16 heavy (non-hydrogen) atoms. The average molecular weight is 246 g/mol. The maximum atomic E-state index is 10.8. The van der Waals surface area contributed by atoms with Gasteiger partial charge in [0, 0.05) is 23.8 Å². The molecule has 0 aliphatic heterocycles. The van der Waals surface area contributed by atoms with Crippen molar-refractivity contribution < 1.29 is 78.9 Å². The zero-order chi connectivity index (χ0) is 11.5. The molecular formula is C10H16Na2O4. The summed E-state index contributed by atoms with van der Waals surface area (Å²) in [5.74, 6) is -4.72. The summed E-state index contributed by atoms with van der Waals surface area (Å²) in [6, 6.07) is 0. The Morgan fingerprint density at radius 3 is 1.69 bits per heavy atom. The summed E-state index contributed by atoms with van der Waals surface area (Å²) in [5, 5.41) is 21.5. The van der Waals surface area contributed by atoms with Gasteiger partial charge in [0.25, 0.3) is 0 Å². The molecule has 0 aromatic rings. The van der Waals surface area contributed by atoms with Crippen LogP contribution in [0.3, 0.4) is 0 Å². The van der Waals surface area contributed by atoms with Crippen molar-refractivity contribution in [2.24, 2.45) is 17.3 Å². The number of carboxylic acid groups (broad SMARTS) is 2. The second-order valence-electron chi connectivity index (χ2n) is 4.25. The third kappa shape index (κ3) is 6.03. The van der Waals surface area contributed by atoms with E-state index in [2.05, 4.69) is 0 Å². The molecule has 0 rings (SSSR count). The molecule has 0 aromatic carbocycles. The second kappa shape index (κ2) is 8.95. The van der Waals surface area contributed by atoms with E-state index in [1.54, 1.807) is 13.8 Å². The van der Waals surface area contributed by atoms with Crippen LogP contribution in [0.1, 0.15) is 34.1 Å². The van der Waals surface area contributed by atoms with Gasteiger partial charge < -0.3 is 19.8 Å². The van der Waals surface area contributed by atoms with Gasteiger partial charge in [-0.15, -0.1) is 0 Å². The molecule has 2 atom stereocenters. The van der Waals surface area contributed by atoms with Gasteiger partial charge in [-0.1, -0.05) is 34.1 Å². The first kappa shape index (κ1) is 22.1. The van der Waals surface area contributed by atoms with Gasteiger partial charge >= 0.3 is 59.1 Å². The van der Waals surface area contributed by atoms with Crippen molar-refractivity contribution in [3.8, 4) is 0 Å². The number of rotatable bonds is 5. The predicted molar refractivity (Wildman–Crippen MR) is 46.7 cm³/mol. The smallest absolute Gasteiger partial charge is 0.550 e. The Bertz CT molecular complexity index is 241. The number of aliphatic carboxylic acids is 2. The van der Waals surface area contributed by atoms with Crippen LogP contribution < -0.4 is 69.3 Å². The first-order valence-corrected chi connectivity index (χ1v) is 4.65. The van der Waals surface area contributed by atoms with Crippen LogP contribution in [0, 0.1) is 17.3 Å². The molecule has 2 unspecified atom stereocenters. The number of hydrogen-bond donors (Lipinski definition) is 0. The molecule has 0 heterocycles. The minimum absolute atomic E-state index is 0. The van der Waals surface area contributed by atoms with Gasteiger partial charge in [0.15, 0.2) is 0 Å². The van der Waals surface area contributed by atoms with Crippen molar-refractivity contribution >= 4 is 11.9 Å². The van der Waals surface area contributed by atoms with Crippen LogP contribution in [0.4, 0.5) is 0 Å². The number of carbonyl (C=O) groups is 2. The molecular weight excluding hydrogens is 230 g/mol. The van der Waals surface area contributed by atoms with Crippen LogP contribution >= 0.6 is 0 Å². The molecule has 0 aliphatic rings. The van der Waals surface area contributed by atoms with Crippen molar-refractivity contribution in [1.82, 2.24) is 0 Å². The van der Waals surface area contributed by atoms with E-state index in [9.17, 15) is 19.8 Å². The van der Waals surface area contributed by atoms with Crippen LogP contribution in [0.2, 0.25) is 0 Å². The summed E-state index contributed by atoms with van der Waals surface area (Å²) < 4.78 is 0. The maximum absolute atomic E-state index is 10.8. The van der Waals surface area contributed by atoms with E-state index in [4.69, 9.17) is 0 Å². The largest absolute Gasteiger partial charge is 1.00 e. The van der Waals surface area contributed by atoms with E-state index in [1.165, 1.54) is 6.92 Å². The van der Waals surface area contributed by atoms with Crippen LogP contribution in [0.5, 0.6) is 0 Å². The molecule has 0 spiro atoms. The topological polar surface area (TPSA) is 80.3 Å². The van der Waals surface area contributed by atoms with E-state index >= 15 is 0 Å². The minimum atomic E-state index is -1.35. The monoisotopic (exact) mass is 246 g/mol. The van der Waals surface area contributed by atoms with Crippen molar-refractivity contribution in [2.45, 2.75) is 34.1 Å². The molecule has 0 radical (unpaired) electrons. The van der Waals surface area contributed by atoms with E-state index in [0.29, 0.717) is 6.42 Å². The molecule has 0 saturated heterocycles. The molecule has 0 amide bonds. The summed E-state index contributed by atoms with van der Waals surface area (Å²) in [6.07, 6.45) is 0.573. The summed E-state index contributed by atoms with van der Waals surface area (Å²) in [7, 11) is 0. The maximum Gasteiger partial charge on any atom is 1.00 e. The summed E-state index contributed by atoms with van der Waals surface area (Å²) in [6.45, 7) is 6.59. The quantitative estimate of drug-likeness (QED) is 0.452. The number of hydrogen-bond acceptors (Lipinski definition) is 4. The van der Waals surface area contributed by atoms with Crippen LogP contribution in [0.15, 0.2) is 0 Å². The van der Waals surface area contributed by atoms with Gasteiger partial charge in [0.2, 0.25) is 0 Å². The van der Waals surface area contributed by atoms with Crippen LogP contribution in [0.25, 0.3) is 0 Å². The Morgan fingerprint density at radius 2 is 1.50 bits per heavy atom. The molecule has 4 nitrogen and oxygen atoms in total. The third-order valence-electron chi connectivity index (χ3n) is 2.88. The summed E-state index contributed by atoms with van der Waals surface area (Å²) in [5.41, 5.74) is -0.599. The van der Waals surface area contributed by atoms with E-state index in [0.717, 1.165) is 0 Å². The number of carboxylic acids is 2. The Kier molecular flexibility index (Phi) is 12.4. The molecule has 0 fully saturated rings. The van der Waals surface area contributed by atoms with Gasteiger partial charge in [0.1, 0.15) is 0 Å². The van der Waals surface area contributed by atoms with Crippen molar-refractivity contribution in [3.63, 3.8) is 0 Å². The van der Waals surface area contributed by atoms with E-state index in [-0.39, 0.29) is 59.1 Å². The molecule has 6 heteroatoms. The fourth-order valence-corrected chi connectivity index (χ4v) is 1.56. The fraction of sp³-hybridized carbons (Fsp3) is 0.800. The summed E-state index contributed by atoms with van der Waals surface area (Å²) in [4.78, 5) is 21.5. The molecule has 0 bridgehead atoms. The minimum Gasteiger partial charge on any atom is -0.550 e. The van der Waals surface area contributed by atoms with Crippen LogP contribution in [-0.4, -0.2) is 11.9 Å². The predicted octanol–water partition coefficient (Wildman–Crippen LogP) is -6.82. The van der Waals surface area contributed by atoms with E-state index in [1.807, 2.05) is 6.92 Å². The molecule has 0 saturated carbocycles. The number of carbonyl (C=O) groups excluding carboxylic acids is 2. The summed E-state index contributed by atoms with van der Waals surface area (Å²) >= 11 is 0. The van der Waals surface area contributed by atoms with Crippen molar-refractivity contribution in [2.75, 3.05) is 0 Å². The van der Waals surface area contributed by atoms with Gasteiger partial charge in [-0.25, -0.2) is 0 Å². The molecule has 82 valence electrons. The normalized spacial score (nSPS) is 14.0. The Morgan fingerprint density at radius 1 is 1.12 bits per heavy atom. The fourth-order valence-electron chi connectivity index (χ4n) is 1.56.